The number of aromatic nitrogens is 3. The van der Waals surface area contributed by atoms with Crippen molar-refractivity contribution in [3.8, 4) is 16.9 Å². The van der Waals surface area contributed by atoms with Crippen LogP contribution in [0.5, 0.6) is 0 Å². The van der Waals surface area contributed by atoms with Gasteiger partial charge in [-0.05, 0) is 36.4 Å². The lowest BCUT2D eigenvalue weighted by atomic mass is 10.1. The van der Waals surface area contributed by atoms with Crippen molar-refractivity contribution < 1.29 is 4.79 Å². The van der Waals surface area contributed by atoms with Crippen LogP contribution in [-0.2, 0) is 11.2 Å². The van der Waals surface area contributed by atoms with E-state index in [1.165, 1.54) is 0 Å². The van der Waals surface area contributed by atoms with Gasteiger partial charge >= 0.3 is 0 Å². The average molecular weight is 389 g/mol. The third-order valence-electron chi connectivity index (χ3n) is 4.24. The van der Waals surface area contributed by atoms with E-state index in [0.717, 1.165) is 22.5 Å². The Balaban J connectivity index is 1.67. The largest absolute Gasteiger partial charge is 0.326 e. The molecule has 0 atom stereocenters. The number of carbonyl (C=O) groups is 1. The number of amides is 1. The molecule has 1 amide bonds. The number of hydrogen-bond acceptors (Lipinski definition) is 3. The first-order valence-corrected chi connectivity index (χ1v) is 9.16. The van der Waals surface area contributed by atoms with Gasteiger partial charge in [-0.25, -0.2) is 4.68 Å². The van der Waals surface area contributed by atoms with Gasteiger partial charge in [-0.3, -0.25) is 9.78 Å². The lowest BCUT2D eigenvalue weighted by Crippen LogP contribution is -2.14. The van der Waals surface area contributed by atoms with E-state index in [1.807, 2.05) is 60.8 Å². The van der Waals surface area contributed by atoms with E-state index >= 15 is 0 Å². The van der Waals surface area contributed by atoms with Crippen molar-refractivity contribution in [2.24, 2.45) is 0 Å². The minimum Gasteiger partial charge on any atom is -0.326 e. The molecule has 2 aromatic heterocycles. The molecule has 0 aliphatic carbocycles. The first kappa shape index (κ1) is 17.9. The van der Waals surface area contributed by atoms with Gasteiger partial charge in [0.2, 0.25) is 5.91 Å². The lowest BCUT2D eigenvalue weighted by molar-refractivity contribution is -0.115. The number of nitrogens with one attached hydrogen (secondary N) is 1. The van der Waals surface area contributed by atoms with Crippen molar-refractivity contribution in [1.29, 1.82) is 0 Å². The molecular formula is C22H17ClN4O. The van der Waals surface area contributed by atoms with Gasteiger partial charge in [-0.1, -0.05) is 41.9 Å². The summed E-state index contributed by atoms with van der Waals surface area (Å²) < 4.78 is 1.79. The smallest absolute Gasteiger partial charge is 0.228 e. The van der Waals surface area contributed by atoms with Gasteiger partial charge in [0.15, 0.2) is 0 Å². The Morgan fingerprint density at radius 3 is 2.39 bits per heavy atom. The summed E-state index contributed by atoms with van der Waals surface area (Å²) in [6.45, 7) is 0. The Hall–Kier alpha value is -3.44. The molecule has 138 valence electrons. The van der Waals surface area contributed by atoms with Crippen LogP contribution in [-0.4, -0.2) is 20.7 Å². The maximum Gasteiger partial charge on any atom is 0.228 e. The first-order chi connectivity index (χ1) is 13.7. The fraction of sp³-hybridized carbons (Fsp3) is 0.0455. The summed E-state index contributed by atoms with van der Waals surface area (Å²) in [6.07, 6.45) is 5.38. The van der Waals surface area contributed by atoms with Crippen molar-refractivity contribution in [3.05, 3.63) is 95.9 Å². The van der Waals surface area contributed by atoms with Crippen molar-refractivity contribution in [2.45, 2.75) is 6.42 Å². The Labute approximate surface area is 167 Å². The number of hydrogen-bond donors (Lipinski definition) is 1. The quantitative estimate of drug-likeness (QED) is 0.535. The van der Waals surface area contributed by atoms with Crippen molar-refractivity contribution in [2.75, 3.05) is 5.32 Å². The summed E-state index contributed by atoms with van der Waals surface area (Å²) in [5.41, 5.74) is 4.14. The summed E-state index contributed by atoms with van der Waals surface area (Å²) in [6, 6.07) is 20.8. The number of pyridine rings is 1. The third-order valence-corrected chi connectivity index (χ3v) is 4.50. The van der Waals surface area contributed by atoms with Gasteiger partial charge in [0.05, 0.1) is 17.8 Å². The highest BCUT2D eigenvalue weighted by molar-refractivity contribution is 6.30. The zero-order chi connectivity index (χ0) is 19.3. The molecule has 4 rings (SSSR count). The molecule has 4 aromatic rings. The molecule has 2 aromatic carbocycles. The summed E-state index contributed by atoms with van der Waals surface area (Å²) in [4.78, 5) is 16.5. The summed E-state index contributed by atoms with van der Waals surface area (Å²) >= 11 is 6.02. The second-order valence-corrected chi connectivity index (χ2v) is 6.69. The highest BCUT2D eigenvalue weighted by Gasteiger charge is 2.15. The third kappa shape index (κ3) is 4.10. The topological polar surface area (TPSA) is 59.8 Å². The number of halogens is 1. The molecule has 0 fully saturated rings. The van der Waals surface area contributed by atoms with Gasteiger partial charge in [-0.2, -0.15) is 5.10 Å². The Bertz CT molecular complexity index is 1080. The lowest BCUT2D eigenvalue weighted by Gasteiger charge is -2.05. The van der Waals surface area contributed by atoms with Crippen LogP contribution in [0.4, 0.5) is 5.69 Å². The van der Waals surface area contributed by atoms with Gasteiger partial charge in [0, 0.05) is 40.4 Å². The van der Waals surface area contributed by atoms with E-state index in [-0.39, 0.29) is 12.3 Å². The monoisotopic (exact) mass is 388 g/mol. The van der Waals surface area contributed by atoms with Gasteiger partial charge in [0.1, 0.15) is 0 Å². The van der Waals surface area contributed by atoms with Crippen LogP contribution in [0, 0.1) is 0 Å². The van der Waals surface area contributed by atoms with Crippen molar-refractivity contribution in [1.82, 2.24) is 14.8 Å². The molecule has 0 radical (unpaired) electrons. The molecule has 0 aliphatic heterocycles. The van der Waals surface area contributed by atoms with Crippen LogP contribution in [0.2, 0.25) is 5.02 Å². The van der Waals surface area contributed by atoms with E-state index in [4.69, 9.17) is 16.7 Å². The summed E-state index contributed by atoms with van der Waals surface area (Å²) in [5, 5.41) is 8.27. The molecule has 0 spiro atoms. The molecule has 0 bridgehead atoms. The number of benzene rings is 2. The molecule has 0 aliphatic rings. The fourth-order valence-electron chi connectivity index (χ4n) is 2.92. The van der Waals surface area contributed by atoms with Crippen LogP contribution in [0.3, 0.4) is 0 Å². The molecule has 1 N–H and O–H groups in total. The Kier molecular flexibility index (Phi) is 5.17. The number of anilines is 1. The molecule has 0 saturated carbocycles. The minimum absolute atomic E-state index is 0.117. The van der Waals surface area contributed by atoms with Crippen LogP contribution >= 0.6 is 11.6 Å². The van der Waals surface area contributed by atoms with Crippen LogP contribution in [0.15, 0.2) is 85.3 Å². The molecule has 6 heteroatoms. The van der Waals surface area contributed by atoms with Crippen LogP contribution < -0.4 is 5.32 Å². The maximum absolute atomic E-state index is 12.6. The maximum atomic E-state index is 12.6. The summed E-state index contributed by atoms with van der Waals surface area (Å²) in [5.74, 6) is -0.117. The van der Waals surface area contributed by atoms with E-state index in [9.17, 15) is 4.79 Å². The molecular weight excluding hydrogens is 372 g/mol. The number of rotatable bonds is 5. The highest BCUT2D eigenvalue weighted by Crippen LogP contribution is 2.26. The van der Waals surface area contributed by atoms with Crippen LogP contribution in [0.25, 0.3) is 16.9 Å². The molecule has 28 heavy (non-hydrogen) atoms. The Morgan fingerprint density at radius 1 is 0.964 bits per heavy atom. The second-order valence-electron chi connectivity index (χ2n) is 6.25. The predicted molar refractivity (Wildman–Crippen MR) is 111 cm³/mol. The summed E-state index contributed by atoms with van der Waals surface area (Å²) in [7, 11) is 0. The zero-order valence-corrected chi connectivity index (χ0v) is 15.7. The van der Waals surface area contributed by atoms with Crippen molar-refractivity contribution >= 4 is 23.2 Å². The molecule has 5 nitrogen and oxygen atoms in total. The second kappa shape index (κ2) is 8.06. The Morgan fingerprint density at radius 2 is 1.68 bits per heavy atom. The normalized spacial score (nSPS) is 10.6. The average Bonchev–Trinajstić information content (AvgIpc) is 3.13. The van der Waals surface area contributed by atoms with E-state index < -0.39 is 0 Å². The first-order valence-electron chi connectivity index (χ1n) is 8.79. The molecule has 0 saturated heterocycles. The fourth-order valence-corrected chi connectivity index (χ4v) is 3.04. The number of carbonyl (C=O) groups excluding carboxylic acids is 1. The highest BCUT2D eigenvalue weighted by atomic mass is 35.5. The van der Waals surface area contributed by atoms with E-state index in [1.54, 1.807) is 29.2 Å². The number of para-hydroxylation sites is 1. The standard InChI is InChI=1S/C22H17ClN4O/c23-18-8-6-16(7-9-18)22-17(14-21(28)25-19-10-12-24-13-11-19)15-27(26-22)20-4-2-1-3-5-20/h1-13,15H,14H2,(H,24,25,28). The minimum atomic E-state index is -0.117. The van der Waals surface area contributed by atoms with Gasteiger partial charge < -0.3 is 5.32 Å². The predicted octanol–water partition coefficient (Wildman–Crippen LogP) is 4.77. The van der Waals surface area contributed by atoms with Crippen LogP contribution in [0.1, 0.15) is 5.56 Å². The molecule has 2 heterocycles. The van der Waals surface area contributed by atoms with E-state index in [0.29, 0.717) is 10.7 Å². The zero-order valence-electron chi connectivity index (χ0n) is 14.9. The van der Waals surface area contributed by atoms with Gasteiger partial charge in [0.25, 0.3) is 0 Å². The van der Waals surface area contributed by atoms with Gasteiger partial charge in [-0.15, -0.1) is 0 Å². The number of nitrogens with zero attached hydrogens (tertiary/aromatic N) is 3. The molecule has 0 unspecified atom stereocenters. The van der Waals surface area contributed by atoms with Crippen molar-refractivity contribution in [3.63, 3.8) is 0 Å². The SMILES string of the molecule is O=C(Cc1cn(-c2ccccc2)nc1-c1ccc(Cl)cc1)Nc1ccncc1. The van der Waals surface area contributed by atoms with E-state index in [2.05, 4.69) is 10.3 Å².